The van der Waals surface area contributed by atoms with Crippen LogP contribution >= 0.6 is 0 Å². The van der Waals surface area contributed by atoms with Crippen LogP contribution < -0.4 is 5.32 Å². The van der Waals surface area contributed by atoms with Crippen molar-refractivity contribution in [2.45, 2.75) is 33.2 Å². The van der Waals surface area contributed by atoms with Crippen LogP contribution in [-0.2, 0) is 0 Å². The summed E-state index contributed by atoms with van der Waals surface area (Å²) in [7, 11) is 0. The van der Waals surface area contributed by atoms with Gasteiger partial charge in [-0.05, 0) is 51.8 Å². The monoisotopic (exact) mass is 311 g/mol. The molecule has 0 radical (unpaired) electrons. The van der Waals surface area contributed by atoms with Crippen LogP contribution in [0.1, 0.15) is 36.3 Å². The number of amides is 1. The lowest BCUT2D eigenvalue weighted by Gasteiger charge is -2.20. The number of hydrogen-bond donors (Lipinski definition) is 1. The maximum Gasteiger partial charge on any atom is 0.252 e. The molecule has 0 spiro atoms. The number of likely N-dealkylation sites (tertiary alicyclic amines) is 1. The summed E-state index contributed by atoms with van der Waals surface area (Å²) >= 11 is 0. The van der Waals surface area contributed by atoms with Crippen LogP contribution in [0.3, 0.4) is 0 Å². The Hall–Kier alpha value is -1.94. The first-order chi connectivity index (χ1) is 11.0. The summed E-state index contributed by atoms with van der Waals surface area (Å²) in [6.07, 6.45) is 1.16. The molecule has 1 saturated heterocycles. The molecule has 0 bridgehead atoms. The molecule has 1 aliphatic rings. The van der Waals surface area contributed by atoms with Crippen LogP contribution in [0.15, 0.2) is 30.3 Å². The average Bonchev–Trinajstić information content (AvgIpc) is 3.01. The van der Waals surface area contributed by atoms with Crippen molar-refractivity contribution in [1.29, 1.82) is 0 Å². The maximum absolute atomic E-state index is 12.6. The van der Waals surface area contributed by atoms with Gasteiger partial charge in [-0.15, -0.1) is 0 Å². The lowest BCUT2D eigenvalue weighted by atomic mass is 10.1. The third-order valence-corrected chi connectivity index (χ3v) is 4.69. The zero-order valence-electron chi connectivity index (χ0n) is 14.2. The zero-order chi connectivity index (χ0) is 16.4. The van der Waals surface area contributed by atoms with Gasteiger partial charge in [-0.25, -0.2) is 0 Å². The van der Waals surface area contributed by atoms with Crippen molar-refractivity contribution in [3.8, 4) is 0 Å². The van der Waals surface area contributed by atoms with Crippen LogP contribution in [0.4, 0.5) is 0 Å². The highest BCUT2D eigenvalue weighted by Crippen LogP contribution is 2.20. The number of nitrogens with zero attached hydrogens (tertiary/aromatic N) is 2. The Kier molecular flexibility index (Phi) is 4.62. The minimum absolute atomic E-state index is 0.00898. The number of pyridine rings is 1. The number of fused-ring (bicyclic) bond motifs is 1. The molecule has 1 amide bonds. The van der Waals surface area contributed by atoms with E-state index in [2.05, 4.69) is 29.0 Å². The number of rotatable bonds is 4. The van der Waals surface area contributed by atoms with Gasteiger partial charge in [0.25, 0.3) is 5.91 Å². The molecule has 1 aromatic heterocycles. The number of para-hydroxylation sites is 1. The molecule has 3 rings (SSSR count). The van der Waals surface area contributed by atoms with Crippen LogP contribution in [0.5, 0.6) is 0 Å². The molecule has 1 fully saturated rings. The predicted octanol–water partition coefficient (Wildman–Crippen LogP) is 3.00. The Bertz CT molecular complexity index is 711. The fourth-order valence-corrected chi connectivity index (χ4v) is 3.33. The third-order valence-electron chi connectivity index (χ3n) is 4.69. The molecule has 122 valence electrons. The number of benzene rings is 1. The molecule has 1 N–H and O–H groups in total. The SMILES string of the molecule is Cc1cc(C(=O)NC[C@@H]2CCN(C(C)C)C2)c2ccccc2n1. The van der Waals surface area contributed by atoms with E-state index in [9.17, 15) is 4.79 Å². The smallest absolute Gasteiger partial charge is 0.252 e. The summed E-state index contributed by atoms with van der Waals surface area (Å²) in [4.78, 5) is 19.6. The van der Waals surface area contributed by atoms with Gasteiger partial charge in [-0.3, -0.25) is 9.78 Å². The summed E-state index contributed by atoms with van der Waals surface area (Å²) in [6.45, 7) is 9.35. The largest absolute Gasteiger partial charge is 0.352 e. The van der Waals surface area contributed by atoms with E-state index in [0.717, 1.165) is 48.2 Å². The van der Waals surface area contributed by atoms with Gasteiger partial charge in [0.05, 0.1) is 11.1 Å². The van der Waals surface area contributed by atoms with E-state index in [0.29, 0.717) is 12.0 Å². The topological polar surface area (TPSA) is 45.2 Å². The summed E-state index contributed by atoms with van der Waals surface area (Å²) in [5, 5.41) is 4.05. The van der Waals surface area contributed by atoms with E-state index in [1.165, 1.54) is 0 Å². The van der Waals surface area contributed by atoms with Crippen LogP contribution in [-0.4, -0.2) is 41.5 Å². The molecule has 23 heavy (non-hydrogen) atoms. The minimum atomic E-state index is 0.00898. The molecule has 1 atom stereocenters. The van der Waals surface area contributed by atoms with E-state index >= 15 is 0 Å². The van der Waals surface area contributed by atoms with Gasteiger partial charge in [-0.2, -0.15) is 0 Å². The van der Waals surface area contributed by atoms with Gasteiger partial charge in [0.1, 0.15) is 0 Å². The lowest BCUT2D eigenvalue weighted by molar-refractivity contribution is 0.0948. The van der Waals surface area contributed by atoms with E-state index in [1.54, 1.807) is 0 Å². The molecular weight excluding hydrogens is 286 g/mol. The van der Waals surface area contributed by atoms with E-state index in [4.69, 9.17) is 0 Å². The highest BCUT2D eigenvalue weighted by Gasteiger charge is 2.24. The summed E-state index contributed by atoms with van der Waals surface area (Å²) < 4.78 is 0. The second-order valence-corrected chi connectivity index (χ2v) is 6.78. The standard InChI is InChI=1S/C19H25N3O/c1-13(2)22-9-8-15(12-22)11-20-19(23)17-10-14(3)21-18-7-5-4-6-16(17)18/h4-7,10,13,15H,8-9,11-12H2,1-3H3,(H,20,23)/t15-/m0/s1. The fraction of sp³-hybridized carbons (Fsp3) is 0.474. The molecule has 1 aliphatic heterocycles. The minimum Gasteiger partial charge on any atom is -0.352 e. The lowest BCUT2D eigenvalue weighted by Crippen LogP contribution is -2.33. The molecular formula is C19H25N3O. The molecule has 0 aliphatic carbocycles. The van der Waals surface area contributed by atoms with Gasteiger partial charge in [0.2, 0.25) is 0 Å². The van der Waals surface area contributed by atoms with Crippen LogP contribution in [0, 0.1) is 12.8 Å². The summed E-state index contributed by atoms with van der Waals surface area (Å²) in [5.74, 6) is 0.560. The molecule has 1 aromatic carbocycles. The van der Waals surface area contributed by atoms with Crippen molar-refractivity contribution in [3.05, 3.63) is 41.6 Å². The number of aromatic nitrogens is 1. The number of nitrogens with one attached hydrogen (secondary N) is 1. The highest BCUT2D eigenvalue weighted by molar-refractivity contribution is 6.06. The van der Waals surface area contributed by atoms with Gasteiger partial charge in [0, 0.05) is 30.2 Å². The normalized spacial score (nSPS) is 18.7. The molecule has 0 unspecified atom stereocenters. The Morgan fingerprint density at radius 3 is 2.91 bits per heavy atom. The van der Waals surface area contributed by atoms with Gasteiger partial charge in [0.15, 0.2) is 0 Å². The van der Waals surface area contributed by atoms with Crippen molar-refractivity contribution < 1.29 is 4.79 Å². The van der Waals surface area contributed by atoms with Crippen molar-refractivity contribution in [2.75, 3.05) is 19.6 Å². The molecule has 4 heteroatoms. The number of carbonyl (C=O) groups excluding carboxylic acids is 1. The van der Waals surface area contributed by atoms with Gasteiger partial charge in [-0.1, -0.05) is 18.2 Å². The molecule has 2 heterocycles. The second-order valence-electron chi connectivity index (χ2n) is 6.78. The molecule has 4 nitrogen and oxygen atoms in total. The van der Waals surface area contributed by atoms with E-state index < -0.39 is 0 Å². The Morgan fingerprint density at radius 2 is 2.17 bits per heavy atom. The van der Waals surface area contributed by atoms with Crippen molar-refractivity contribution >= 4 is 16.8 Å². The van der Waals surface area contributed by atoms with Crippen molar-refractivity contribution in [1.82, 2.24) is 15.2 Å². The highest BCUT2D eigenvalue weighted by atomic mass is 16.1. The zero-order valence-corrected chi connectivity index (χ0v) is 14.2. The predicted molar refractivity (Wildman–Crippen MR) is 93.6 cm³/mol. The number of hydrogen-bond acceptors (Lipinski definition) is 3. The van der Waals surface area contributed by atoms with Crippen LogP contribution in [0.2, 0.25) is 0 Å². The molecule has 0 saturated carbocycles. The summed E-state index contributed by atoms with van der Waals surface area (Å²) in [5.41, 5.74) is 2.48. The Morgan fingerprint density at radius 1 is 1.39 bits per heavy atom. The third kappa shape index (κ3) is 3.53. The fourth-order valence-electron chi connectivity index (χ4n) is 3.33. The van der Waals surface area contributed by atoms with E-state index in [-0.39, 0.29) is 5.91 Å². The first-order valence-corrected chi connectivity index (χ1v) is 8.43. The first-order valence-electron chi connectivity index (χ1n) is 8.43. The Labute approximate surface area is 137 Å². The Balaban J connectivity index is 1.70. The van der Waals surface area contributed by atoms with Gasteiger partial charge >= 0.3 is 0 Å². The number of carbonyl (C=O) groups is 1. The maximum atomic E-state index is 12.6. The number of aryl methyl sites for hydroxylation is 1. The quantitative estimate of drug-likeness (QED) is 0.944. The summed E-state index contributed by atoms with van der Waals surface area (Å²) in [6, 6.07) is 10.3. The first kappa shape index (κ1) is 15.9. The van der Waals surface area contributed by atoms with Crippen molar-refractivity contribution in [2.24, 2.45) is 5.92 Å². The van der Waals surface area contributed by atoms with Crippen LogP contribution in [0.25, 0.3) is 10.9 Å². The van der Waals surface area contributed by atoms with E-state index in [1.807, 2.05) is 37.3 Å². The second kappa shape index (κ2) is 6.67. The van der Waals surface area contributed by atoms with Gasteiger partial charge < -0.3 is 10.2 Å². The van der Waals surface area contributed by atoms with Crippen molar-refractivity contribution in [3.63, 3.8) is 0 Å². The molecule has 2 aromatic rings. The average molecular weight is 311 g/mol.